The predicted molar refractivity (Wildman–Crippen MR) is 224 cm³/mol. The molecule has 4 heterocycles. The highest BCUT2D eigenvalue weighted by Crippen LogP contribution is 2.39. The average molecular weight is 687 g/mol. The third kappa shape index (κ3) is 5.07. The van der Waals surface area contributed by atoms with Crippen LogP contribution < -0.4 is 0 Å². The summed E-state index contributed by atoms with van der Waals surface area (Å²) in [6.07, 6.45) is 0. The van der Waals surface area contributed by atoms with Gasteiger partial charge in [0.1, 0.15) is 0 Å². The summed E-state index contributed by atoms with van der Waals surface area (Å²) in [6, 6.07) is 63.9. The van der Waals surface area contributed by atoms with Gasteiger partial charge in [-0.25, -0.2) is 19.9 Å². The second-order valence-corrected chi connectivity index (χ2v) is 13.9. The maximum Gasteiger partial charge on any atom is 0.0900 e. The minimum atomic E-state index is 0.805. The molecule has 54 heavy (non-hydrogen) atoms. The van der Waals surface area contributed by atoms with Crippen LogP contribution in [0.3, 0.4) is 0 Å². The van der Waals surface area contributed by atoms with E-state index in [2.05, 4.69) is 152 Å². The van der Waals surface area contributed by atoms with Crippen molar-refractivity contribution in [1.82, 2.24) is 19.9 Å². The van der Waals surface area contributed by atoms with Crippen LogP contribution in [0, 0.1) is 0 Å². The van der Waals surface area contributed by atoms with Gasteiger partial charge in [-0.15, -0.1) is 0 Å². The maximum absolute atomic E-state index is 5.27. The zero-order valence-corrected chi connectivity index (χ0v) is 29.1. The number of pyridine rings is 4. The maximum atomic E-state index is 5.27. The van der Waals surface area contributed by atoms with E-state index < -0.39 is 0 Å². The second-order valence-electron chi connectivity index (χ2n) is 13.9. The number of benzene rings is 7. The third-order valence-electron chi connectivity index (χ3n) is 10.6. The van der Waals surface area contributed by atoms with E-state index in [4.69, 9.17) is 19.9 Å². The molecule has 0 unspecified atom stereocenters. The van der Waals surface area contributed by atoms with E-state index in [0.29, 0.717) is 0 Å². The van der Waals surface area contributed by atoms with E-state index in [-0.39, 0.29) is 0 Å². The lowest BCUT2D eigenvalue weighted by molar-refractivity contribution is 1.27. The number of rotatable bonds is 4. The fourth-order valence-corrected chi connectivity index (χ4v) is 7.89. The van der Waals surface area contributed by atoms with Crippen LogP contribution >= 0.6 is 0 Å². The summed E-state index contributed by atoms with van der Waals surface area (Å²) >= 11 is 0. The van der Waals surface area contributed by atoms with Crippen LogP contribution in [0.15, 0.2) is 182 Å². The summed E-state index contributed by atoms with van der Waals surface area (Å²) in [5, 5.41) is 10.4. The molecule has 0 atom stereocenters. The van der Waals surface area contributed by atoms with Crippen LogP contribution in [-0.4, -0.2) is 19.9 Å². The van der Waals surface area contributed by atoms with Gasteiger partial charge in [0.15, 0.2) is 0 Å². The quantitative estimate of drug-likeness (QED) is 0.173. The van der Waals surface area contributed by atoms with Gasteiger partial charge in [-0.2, -0.15) is 0 Å². The molecule has 4 nitrogen and oxygen atoms in total. The van der Waals surface area contributed by atoms with E-state index in [0.717, 1.165) is 88.6 Å². The van der Waals surface area contributed by atoms with E-state index in [1.807, 2.05) is 30.3 Å². The summed E-state index contributed by atoms with van der Waals surface area (Å²) in [6.45, 7) is 0. The Morgan fingerprint density at radius 3 is 1.65 bits per heavy atom. The van der Waals surface area contributed by atoms with Gasteiger partial charge in [0, 0.05) is 43.6 Å². The first-order chi connectivity index (χ1) is 26.7. The summed E-state index contributed by atoms with van der Waals surface area (Å²) < 4.78 is 0. The van der Waals surface area contributed by atoms with Gasteiger partial charge >= 0.3 is 0 Å². The van der Waals surface area contributed by atoms with Gasteiger partial charge in [0.05, 0.1) is 45.0 Å². The molecule has 0 spiro atoms. The molecule has 0 fully saturated rings. The Kier molecular flexibility index (Phi) is 6.82. The summed E-state index contributed by atoms with van der Waals surface area (Å²) in [5.41, 5.74) is 10.4. The van der Waals surface area contributed by atoms with Crippen LogP contribution in [0.25, 0.3) is 110 Å². The summed E-state index contributed by atoms with van der Waals surface area (Å²) in [7, 11) is 0. The predicted octanol–water partition coefficient (Wildman–Crippen LogP) is 12.9. The first-order valence-corrected chi connectivity index (χ1v) is 18.2. The average Bonchev–Trinajstić information content (AvgIpc) is 3.25. The van der Waals surface area contributed by atoms with E-state index in [9.17, 15) is 0 Å². The Labute approximate surface area is 311 Å². The molecule has 11 aromatic rings. The Balaban J connectivity index is 1.11. The molecule has 0 aliphatic carbocycles. The van der Waals surface area contributed by atoms with Crippen molar-refractivity contribution >= 4 is 65.0 Å². The molecule has 4 aromatic heterocycles. The van der Waals surface area contributed by atoms with Gasteiger partial charge in [-0.3, -0.25) is 0 Å². The lowest BCUT2D eigenvalue weighted by Crippen LogP contribution is -1.95. The number of nitrogens with zero attached hydrogens (tertiary/aromatic N) is 4. The third-order valence-corrected chi connectivity index (χ3v) is 10.6. The van der Waals surface area contributed by atoms with Crippen molar-refractivity contribution in [3.63, 3.8) is 0 Å². The van der Waals surface area contributed by atoms with Crippen LogP contribution in [-0.2, 0) is 0 Å². The van der Waals surface area contributed by atoms with Crippen molar-refractivity contribution in [2.75, 3.05) is 0 Å². The van der Waals surface area contributed by atoms with E-state index >= 15 is 0 Å². The number of para-hydroxylation sites is 3. The van der Waals surface area contributed by atoms with Crippen LogP contribution in [0.4, 0.5) is 0 Å². The van der Waals surface area contributed by atoms with Gasteiger partial charge < -0.3 is 0 Å². The van der Waals surface area contributed by atoms with Crippen molar-refractivity contribution in [3.8, 4) is 45.2 Å². The molecule has 0 N–H and O–H groups in total. The Morgan fingerprint density at radius 1 is 0.259 bits per heavy atom. The van der Waals surface area contributed by atoms with Crippen molar-refractivity contribution in [3.05, 3.63) is 182 Å². The Morgan fingerprint density at radius 2 is 0.833 bits per heavy atom. The van der Waals surface area contributed by atoms with Crippen LogP contribution in [0.2, 0.25) is 0 Å². The molecule has 0 saturated heterocycles. The molecule has 0 radical (unpaired) electrons. The van der Waals surface area contributed by atoms with E-state index in [1.165, 1.54) is 21.5 Å². The lowest BCUT2D eigenvalue weighted by atomic mass is 9.93. The Bertz CT molecular complexity index is 3200. The number of aromatic nitrogens is 4. The molecule has 0 saturated carbocycles. The minimum Gasteiger partial charge on any atom is -0.248 e. The first kappa shape index (κ1) is 30.3. The molecular weight excluding hydrogens is 657 g/mol. The topological polar surface area (TPSA) is 51.6 Å². The van der Waals surface area contributed by atoms with Crippen LogP contribution in [0.1, 0.15) is 0 Å². The largest absolute Gasteiger partial charge is 0.248 e. The normalized spacial score (nSPS) is 11.7. The van der Waals surface area contributed by atoms with E-state index in [1.54, 1.807) is 0 Å². The van der Waals surface area contributed by atoms with Crippen LogP contribution in [0.5, 0.6) is 0 Å². The summed E-state index contributed by atoms with van der Waals surface area (Å²) in [4.78, 5) is 20.6. The van der Waals surface area contributed by atoms with Gasteiger partial charge in [-0.05, 0) is 76.1 Å². The molecule has 0 amide bonds. The number of fused-ring (bicyclic) bond motifs is 8. The van der Waals surface area contributed by atoms with Crippen molar-refractivity contribution < 1.29 is 0 Å². The minimum absolute atomic E-state index is 0.805. The molecule has 7 aromatic carbocycles. The first-order valence-electron chi connectivity index (χ1n) is 18.2. The Hall–Kier alpha value is -7.30. The molecule has 250 valence electrons. The van der Waals surface area contributed by atoms with Gasteiger partial charge in [0.2, 0.25) is 0 Å². The highest BCUT2D eigenvalue weighted by molar-refractivity contribution is 6.22. The molecular formula is C50H30N4. The van der Waals surface area contributed by atoms with Crippen molar-refractivity contribution in [1.29, 1.82) is 0 Å². The molecule has 0 bridgehead atoms. The second kappa shape index (κ2) is 12.1. The zero-order valence-electron chi connectivity index (χ0n) is 29.1. The fraction of sp³-hybridized carbons (Fsp3) is 0. The fourth-order valence-electron chi connectivity index (χ4n) is 7.89. The highest BCUT2D eigenvalue weighted by atomic mass is 14.8. The SMILES string of the molecule is c1ccc2cc(-c3nc4ccccc4c4c3ccc3cc(-c5cc(-c6ccc7ccccc7n6)cc(-c6ccc7ccccc7n6)n5)ccc34)ccc2c1. The number of hydrogen-bond donors (Lipinski definition) is 0. The van der Waals surface area contributed by atoms with Crippen molar-refractivity contribution in [2.45, 2.75) is 0 Å². The molecule has 0 aliphatic rings. The molecule has 11 rings (SSSR count). The van der Waals surface area contributed by atoms with Gasteiger partial charge in [-0.1, -0.05) is 127 Å². The monoisotopic (exact) mass is 686 g/mol. The summed E-state index contributed by atoms with van der Waals surface area (Å²) in [5.74, 6) is 0. The molecule has 0 aliphatic heterocycles. The number of hydrogen-bond acceptors (Lipinski definition) is 4. The smallest absolute Gasteiger partial charge is 0.0900 e. The van der Waals surface area contributed by atoms with Crippen molar-refractivity contribution in [2.24, 2.45) is 0 Å². The highest BCUT2D eigenvalue weighted by Gasteiger charge is 2.16. The lowest BCUT2D eigenvalue weighted by Gasteiger charge is -2.14. The zero-order chi connectivity index (χ0) is 35.6. The molecule has 4 heteroatoms. The standard InChI is InChI=1S/C50H30N4/c1-2-12-34-27-37(18-17-31(34)9-1)50-41-24-19-35-28-36(20-23-39(35)49(41)40-13-5-8-16-45(40)54-50)47-29-38(44-25-21-32-10-3-6-14-42(32)51-44)30-48(53-47)46-26-22-33-11-4-7-15-43(33)52-46/h1-30H. The van der Waals surface area contributed by atoms with Gasteiger partial charge in [0.25, 0.3) is 0 Å².